The van der Waals surface area contributed by atoms with Crippen molar-refractivity contribution in [2.45, 2.75) is 13.8 Å². The van der Waals surface area contributed by atoms with E-state index in [0.29, 0.717) is 18.1 Å². The number of nitrogens with two attached hydrogens (primary N) is 1. The first-order valence-electron chi connectivity index (χ1n) is 4.73. The lowest BCUT2D eigenvalue weighted by atomic mass is 10.4. The molecule has 1 rings (SSSR count). The second kappa shape index (κ2) is 4.48. The van der Waals surface area contributed by atoms with Gasteiger partial charge in [0, 0.05) is 6.54 Å². The standard InChI is InChI=1S/C9H15N3O2S/c1-3-12(15(13,14)4-2)9-6-5-8(10)7-11-9/h5-7H,3-4,10H2,1-2H3. The summed E-state index contributed by atoms with van der Waals surface area (Å²) >= 11 is 0. The third-order valence-electron chi connectivity index (χ3n) is 2.01. The molecule has 0 saturated heterocycles. The van der Waals surface area contributed by atoms with E-state index in [9.17, 15) is 8.42 Å². The van der Waals surface area contributed by atoms with Crippen molar-refractivity contribution in [1.29, 1.82) is 0 Å². The Morgan fingerprint density at radius 3 is 2.47 bits per heavy atom. The fourth-order valence-electron chi connectivity index (χ4n) is 1.20. The van der Waals surface area contributed by atoms with E-state index in [2.05, 4.69) is 4.98 Å². The Balaban J connectivity index is 3.09. The van der Waals surface area contributed by atoms with Gasteiger partial charge in [0.15, 0.2) is 0 Å². The summed E-state index contributed by atoms with van der Waals surface area (Å²) in [7, 11) is -3.25. The summed E-state index contributed by atoms with van der Waals surface area (Å²) in [5.41, 5.74) is 6.00. The highest BCUT2D eigenvalue weighted by molar-refractivity contribution is 7.92. The van der Waals surface area contributed by atoms with E-state index >= 15 is 0 Å². The second-order valence-electron chi connectivity index (χ2n) is 3.02. The van der Waals surface area contributed by atoms with E-state index in [1.807, 2.05) is 0 Å². The van der Waals surface area contributed by atoms with Crippen LogP contribution >= 0.6 is 0 Å². The highest BCUT2D eigenvalue weighted by Crippen LogP contribution is 2.15. The van der Waals surface area contributed by atoms with Crippen molar-refractivity contribution < 1.29 is 8.42 Å². The van der Waals surface area contributed by atoms with Gasteiger partial charge >= 0.3 is 0 Å². The first kappa shape index (κ1) is 11.8. The first-order chi connectivity index (χ1) is 7.01. The van der Waals surface area contributed by atoms with Crippen LogP contribution in [-0.4, -0.2) is 25.7 Å². The van der Waals surface area contributed by atoms with Crippen molar-refractivity contribution in [3.05, 3.63) is 18.3 Å². The van der Waals surface area contributed by atoms with E-state index in [1.54, 1.807) is 26.0 Å². The van der Waals surface area contributed by atoms with Gasteiger partial charge in [0.2, 0.25) is 10.0 Å². The summed E-state index contributed by atoms with van der Waals surface area (Å²) in [4.78, 5) is 3.99. The molecule has 1 aromatic heterocycles. The molecule has 1 aromatic rings. The number of nitrogens with zero attached hydrogens (tertiary/aromatic N) is 2. The molecule has 0 unspecified atom stereocenters. The lowest BCUT2D eigenvalue weighted by Crippen LogP contribution is -2.32. The number of hydrogen-bond acceptors (Lipinski definition) is 4. The van der Waals surface area contributed by atoms with E-state index in [-0.39, 0.29) is 5.75 Å². The van der Waals surface area contributed by atoms with Crippen molar-refractivity contribution in [1.82, 2.24) is 4.98 Å². The average Bonchev–Trinajstić information content (AvgIpc) is 2.22. The zero-order valence-corrected chi connectivity index (χ0v) is 9.66. The molecular weight excluding hydrogens is 214 g/mol. The summed E-state index contributed by atoms with van der Waals surface area (Å²) < 4.78 is 24.6. The fourth-order valence-corrected chi connectivity index (χ4v) is 2.30. The van der Waals surface area contributed by atoms with Crippen molar-refractivity contribution in [2.24, 2.45) is 0 Å². The quantitative estimate of drug-likeness (QED) is 0.830. The molecule has 0 fully saturated rings. The van der Waals surface area contributed by atoms with Gasteiger partial charge in [-0.3, -0.25) is 4.31 Å². The molecule has 0 radical (unpaired) electrons. The van der Waals surface area contributed by atoms with Gasteiger partial charge in [-0.1, -0.05) is 0 Å². The SMILES string of the molecule is CCN(c1ccc(N)cn1)S(=O)(=O)CC. The van der Waals surface area contributed by atoms with Gasteiger partial charge in [-0.25, -0.2) is 13.4 Å². The predicted molar refractivity (Wildman–Crippen MR) is 61.1 cm³/mol. The van der Waals surface area contributed by atoms with Gasteiger partial charge in [0.05, 0.1) is 17.6 Å². The molecule has 5 nitrogen and oxygen atoms in total. The monoisotopic (exact) mass is 229 g/mol. The zero-order valence-electron chi connectivity index (χ0n) is 8.84. The molecule has 0 bridgehead atoms. The number of sulfonamides is 1. The molecule has 0 aliphatic rings. The molecule has 0 aliphatic carbocycles. The van der Waals surface area contributed by atoms with Gasteiger partial charge in [-0.2, -0.15) is 0 Å². The number of aromatic nitrogens is 1. The second-order valence-corrected chi connectivity index (χ2v) is 5.20. The minimum Gasteiger partial charge on any atom is -0.397 e. The number of anilines is 2. The van der Waals surface area contributed by atoms with Gasteiger partial charge in [-0.15, -0.1) is 0 Å². The molecule has 15 heavy (non-hydrogen) atoms. The van der Waals surface area contributed by atoms with Crippen LogP contribution in [-0.2, 0) is 10.0 Å². The third-order valence-corrected chi connectivity index (χ3v) is 3.86. The van der Waals surface area contributed by atoms with Gasteiger partial charge in [0.1, 0.15) is 5.82 Å². The van der Waals surface area contributed by atoms with Crippen LogP contribution in [0.25, 0.3) is 0 Å². The Morgan fingerprint density at radius 1 is 1.40 bits per heavy atom. The van der Waals surface area contributed by atoms with E-state index in [1.165, 1.54) is 10.5 Å². The van der Waals surface area contributed by atoms with E-state index in [0.717, 1.165) is 0 Å². The maximum absolute atomic E-state index is 11.7. The number of hydrogen-bond donors (Lipinski definition) is 1. The largest absolute Gasteiger partial charge is 0.397 e. The third kappa shape index (κ3) is 2.59. The van der Waals surface area contributed by atoms with E-state index < -0.39 is 10.0 Å². The van der Waals surface area contributed by atoms with Gasteiger partial charge < -0.3 is 5.73 Å². The van der Waals surface area contributed by atoms with Gasteiger partial charge in [0.25, 0.3) is 0 Å². The maximum atomic E-state index is 11.7. The Bertz CT molecular complexity index is 413. The first-order valence-corrected chi connectivity index (χ1v) is 6.34. The van der Waals surface area contributed by atoms with Crippen molar-refractivity contribution in [3.63, 3.8) is 0 Å². The van der Waals surface area contributed by atoms with Crippen LogP contribution in [0.15, 0.2) is 18.3 Å². The average molecular weight is 229 g/mol. The number of nitrogen functional groups attached to an aromatic ring is 1. The Morgan fingerprint density at radius 2 is 2.07 bits per heavy atom. The normalized spacial score (nSPS) is 11.3. The number of pyridine rings is 1. The van der Waals surface area contributed by atoms with Crippen LogP contribution in [0.5, 0.6) is 0 Å². The van der Waals surface area contributed by atoms with E-state index in [4.69, 9.17) is 5.73 Å². The van der Waals surface area contributed by atoms with Crippen molar-refractivity contribution in [3.8, 4) is 0 Å². The lowest BCUT2D eigenvalue weighted by Gasteiger charge is -2.20. The lowest BCUT2D eigenvalue weighted by molar-refractivity contribution is 0.592. The fraction of sp³-hybridized carbons (Fsp3) is 0.444. The summed E-state index contributed by atoms with van der Waals surface area (Å²) in [6, 6.07) is 3.24. The van der Waals surface area contributed by atoms with Crippen LogP contribution in [0.3, 0.4) is 0 Å². The molecule has 0 amide bonds. The smallest absolute Gasteiger partial charge is 0.236 e. The van der Waals surface area contributed by atoms with Crippen molar-refractivity contribution >= 4 is 21.5 Å². The zero-order chi connectivity index (χ0) is 11.5. The van der Waals surface area contributed by atoms with Crippen LogP contribution in [0, 0.1) is 0 Å². The molecule has 84 valence electrons. The van der Waals surface area contributed by atoms with Crippen LogP contribution in [0.1, 0.15) is 13.8 Å². The van der Waals surface area contributed by atoms with Crippen LogP contribution in [0.4, 0.5) is 11.5 Å². The Hall–Kier alpha value is -1.30. The molecule has 6 heteroatoms. The Kier molecular flexibility index (Phi) is 3.52. The predicted octanol–water partition coefficient (Wildman–Crippen LogP) is 0.840. The summed E-state index contributed by atoms with van der Waals surface area (Å²) in [5, 5.41) is 0. The topological polar surface area (TPSA) is 76.3 Å². The van der Waals surface area contributed by atoms with Crippen molar-refractivity contribution in [2.75, 3.05) is 22.3 Å². The highest BCUT2D eigenvalue weighted by atomic mass is 32.2. The highest BCUT2D eigenvalue weighted by Gasteiger charge is 2.19. The molecular formula is C9H15N3O2S. The molecule has 2 N–H and O–H groups in total. The van der Waals surface area contributed by atoms with Gasteiger partial charge in [-0.05, 0) is 26.0 Å². The Labute approximate surface area is 90.0 Å². The molecule has 0 spiro atoms. The minimum atomic E-state index is -3.25. The maximum Gasteiger partial charge on any atom is 0.236 e. The summed E-state index contributed by atoms with van der Waals surface area (Å²) in [6.45, 7) is 3.74. The molecule has 0 aliphatic heterocycles. The minimum absolute atomic E-state index is 0.0624. The molecule has 0 atom stereocenters. The van der Waals surface area contributed by atoms with Crippen LogP contribution < -0.4 is 10.0 Å². The molecule has 0 saturated carbocycles. The molecule has 0 aromatic carbocycles. The van der Waals surface area contributed by atoms with Crippen LogP contribution in [0.2, 0.25) is 0 Å². The summed E-state index contributed by atoms with van der Waals surface area (Å²) in [6.07, 6.45) is 1.45. The summed E-state index contributed by atoms with van der Waals surface area (Å²) in [5.74, 6) is 0.473. The number of rotatable bonds is 4. The molecule has 1 heterocycles.